The molecule has 0 aromatic heterocycles. The molecule has 0 bridgehead atoms. The van der Waals surface area contributed by atoms with Crippen molar-refractivity contribution in [3.63, 3.8) is 0 Å². The smallest absolute Gasteiger partial charge is 0.226 e. The predicted octanol–water partition coefficient (Wildman–Crippen LogP) is 2.44. The molecule has 5 heteroatoms. The van der Waals surface area contributed by atoms with E-state index in [1.54, 1.807) is 7.11 Å². The van der Waals surface area contributed by atoms with Crippen molar-refractivity contribution in [2.75, 3.05) is 31.0 Å². The summed E-state index contributed by atoms with van der Waals surface area (Å²) in [6.07, 6.45) is 0.359. The maximum Gasteiger partial charge on any atom is 0.226 e. The topological polar surface area (TPSA) is 47.6 Å². The molecular formula is C12H16BrNO3. The number of amides is 1. The molecule has 94 valence electrons. The van der Waals surface area contributed by atoms with Crippen molar-refractivity contribution < 1.29 is 14.3 Å². The number of hydrogen-bond acceptors (Lipinski definition) is 3. The third-order valence-corrected chi connectivity index (χ3v) is 2.34. The summed E-state index contributed by atoms with van der Waals surface area (Å²) in [5, 5.41) is 3.57. The summed E-state index contributed by atoms with van der Waals surface area (Å²) < 4.78 is 10.2. The van der Waals surface area contributed by atoms with Gasteiger partial charge in [0.1, 0.15) is 5.75 Å². The summed E-state index contributed by atoms with van der Waals surface area (Å²) in [6, 6.07) is 7.28. The van der Waals surface area contributed by atoms with E-state index in [9.17, 15) is 4.79 Å². The molecule has 0 saturated carbocycles. The highest BCUT2D eigenvalue weighted by Crippen LogP contribution is 2.15. The van der Waals surface area contributed by atoms with Crippen LogP contribution in [-0.2, 0) is 9.53 Å². The zero-order chi connectivity index (χ0) is 12.5. The standard InChI is InChI=1S/C12H16BrNO3/c1-16-8-6-12(15)14-10-2-4-11(5-3-10)17-9-7-13/h2-5H,6-9H2,1H3,(H,14,15). The SMILES string of the molecule is COCCC(=O)Nc1ccc(OCCBr)cc1. The first-order chi connectivity index (χ1) is 8.26. The Balaban J connectivity index is 2.42. The van der Waals surface area contributed by atoms with Crippen LogP contribution in [0.2, 0.25) is 0 Å². The van der Waals surface area contributed by atoms with E-state index in [1.807, 2.05) is 24.3 Å². The van der Waals surface area contributed by atoms with Crippen LogP contribution in [0.25, 0.3) is 0 Å². The number of nitrogens with one attached hydrogen (secondary N) is 1. The Kier molecular flexibility index (Phi) is 6.65. The van der Waals surface area contributed by atoms with Gasteiger partial charge in [0, 0.05) is 18.1 Å². The van der Waals surface area contributed by atoms with E-state index in [1.165, 1.54) is 0 Å². The van der Waals surface area contributed by atoms with E-state index in [0.29, 0.717) is 19.6 Å². The molecule has 0 heterocycles. The number of carbonyl (C=O) groups is 1. The fraction of sp³-hybridized carbons (Fsp3) is 0.417. The summed E-state index contributed by atoms with van der Waals surface area (Å²) in [4.78, 5) is 11.4. The Labute approximate surface area is 109 Å². The number of anilines is 1. The van der Waals surface area contributed by atoms with Crippen molar-refractivity contribution >= 4 is 27.5 Å². The second-order valence-electron chi connectivity index (χ2n) is 3.35. The highest BCUT2D eigenvalue weighted by molar-refractivity contribution is 9.09. The monoisotopic (exact) mass is 301 g/mol. The Hall–Kier alpha value is -1.07. The van der Waals surface area contributed by atoms with Gasteiger partial charge < -0.3 is 14.8 Å². The van der Waals surface area contributed by atoms with Crippen LogP contribution in [0.3, 0.4) is 0 Å². The molecular weight excluding hydrogens is 286 g/mol. The minimum absolute atomic E-state index is 0.0547. The second kappa shape index (κ2) is 8.08. The number of benzene rings is 1. The molecule has 1 aromatic carbocycles. The summed E-state index contributed by atoms with van der Waals surface area (Å²) in [5.74, 6) is 0.736. The number of ether oxygens (including phenoxy) is 2. The predicted molar refractivity (Wildman–Crippen MR) is 70.9 cm³/mol. The Morgan fingerprint density at radius 2 is 2.00 bits per heavy atom. The van der Waals surface area contributed by atoms with Gasteiger partial charge >= 0.3 is 0 Å². The lowest BCUT2D eigenvalue weighted by atomic mass is 10.3. The minimum atomic E-state index is -0.0547. The summed E-state index contributed by atoms with van der Waals surface area (Å²) >= 11 is 3.28. The lowest BCUT2D eigenvalue weighted by Gasteiger charge is -2.07. The molecule has 0 aliphatic heterocycles. The first kappa shape index (κ1) is 14.0. The maximum absolute atomic E-state index is 11.4. The first-order valence-corrected chi connectivity index (χ1v) is 6.46. The van der Waals surface area contributed by atoms with Crippen LogP contribution in [0.1, 0.15) is 6.42 Å². The molecule has 0 atom stereocenters. The molecule has 1 rings (SSSR count). The number of rotatable bonds is 7. The largest absolute Gasteiger partial charge is 0.493 e. The summed E-state index contributed by atoms with van der Waals surface area (Å²) in [5.41, 5.74) is 0.761. The highest BCUT2D eigenvalue weighted by Gasteiger charge is 2.01. The molecule has 4 nitrogen and oxygen atoms in total. The average molecular weight is 302 g/mol. The lowest BCUT2D eigenvalue weighted by molar-refractivity contribution is -0.117. The molecule has 0 radical (unpaired) electrons. The van der Waals surface area contributed by atoms with Crippen molar-refractivity contribution in [3.8, 4) is 5.75 Å². The number of halogens is 1. The van der Waals surface area contributed by atoms with Crippen LogP contribution in [0.4, 0.5) is 5.69 Å². The normalized spacial score (nSPS) is 10.0. The highest BCUT2D eigenvalue weighted by atomic mass is 79.9. The van der Waals surface area contributed by atoms with Crippen molar-refractivity contribution in [2.45, 2.75) is 6.42 Å². The van der Waals surface area contributed by atoms with E-state index in [2.05, 4.69) is 21.2 Å². The van der Waals surface area contributed by atoms with Crippen molar-refractivity contribution in [2.24, 2.45) is 0 Å². The van der Waals surface area contributed by atoms with Gasteiger partial charge in [-0.25, -0.2) is 0 Å². The average Bonchev–Trinajstić information content (AvgIpc) is 2.35. The summed E-state index contributed by atoms with van der Waals surface area (Å²) in [6.45, 7) is 1.05. The molecule has 1 aromatic rings. The molecule has 1 amide bonds. The molecule has 1 N–H and O–H groups in total. The number of alkyl halides is 1. The van der Waals surface area contributed by atoms with Gasteiger partial charge in [0.2, 0.25) is 5.91 Å². The second-order valence-corrected chi connectivity index (χ2v) is 4.15. The summed E-state index contributed by atoms with van der Waals surface area (Å²) in [7, 11) is 1.57. The van der Waals surface area contributed by atoms with Crippen molar-refractivity contribution in [3.05, 3.63) is 24.3 Å². The van der Waals surface area contributed by atoms with Crippen LogP contribution in [-0.4, -0.2) is 31.6 Å². The van der Waals surface area contributed by atoms with Gasteiger partial charge in [-0.05, 0) is 24.3 Å². The third kappa shape index (κ3) is 5.70. The van der Waals surface area contributed by atoms with Gasteiger partial charge in [0.15, 0.2) is 0 Å². The van der Waals surface area contributed by atoms with E-state index < -0.39 is 0 Å². The van der Waals surface area contributed by atoms with Gasteiger partial charge in [-0.2, -0.15) is 0 Å². The van der Waals surface area contributed by atoms with Gasteiger partial charge in [-0.3, -0.25) is 4.79 Å². The number of methoxy groups -OCH3 is 1. The molecule has 0 spiro atoms. The van der Waals surface area contributed by atoms with E-state index in [-0.39, 0.29) is 5.91 Å². The number of carbonyl (C=O) groups excluding carboxylic acids is 1. The van der Waals surface area contributed by atoms with Crippen LogP contribution in [0.5, 0.6) is 5.75 Å². The fourth-order valence-corrected chi connectivity index (χ4v) is 1.37. The molecule has 0 unspecified atom stereocenters. The van der Waals surface area contributed by atoms with Gasteiger partial charge in [-0.15, -0.1) is 0 Å². The molecule has 0 saturated heterocycles. The fourth-order valence-electron chi connectivity index (χ4n) is 1.21. The molecule has 17 heavy (non-hydrogen) atoms. The van der Waals surface area contributed by atoms with Gasteiger partial charge in [0.25, 0.3) is 0 Å². The Morgan fingerprint density at radius 1 is 1.29 bits per heavy atom. The third-order valence-electron chi connectivity index (χ3n) is 2.02. The van der Waals surface area contributed by atoms with E-state index in [0.717, 1.165) is 16.8 Å². The van der Waals surface area contributed by atoms with Crippen molar-refractivity contribution in [1.29, 1.82) is 0 Å². The minimum Gasteiger partial charge on any atom is -0.493 e. The lowest BCUT2D eigenvalue weighted by Crippen LogP contribution is -2.13. The van der Waals surface area contributed by atoms with Crippen LogP contribution < -0.4 is 10.1 Å². The zero-order valence-corrected chi connectivity index (χ0v) is 11.3. The van der Waals surface area contributed by atoms with Gasteiger partial charge in [-0.1, -0.05) is 15.9 Å². The van der Waals surface area contributed by atoms with Crippen LogP contribution >= 0.6 is 15.9 Å². The molecule has 0 aliphatic carbocycles. The van der Waals surface area contributed by atoms with Gasteiger partial charge in [0.05, 0.1) is 19.6 Å². The molecule has 0 aliphatic rings. The van der Waals surface area contributed by atoms with Crippen LogP contribution in [0.15, 0.2) is 24.3 Å². The molecule has 0 fully saturated rings. The maximum atomic E-state index is 11.4. The Bertz CT molecular complexity index is 340. The van der Waals surface area contributed by atoms with Crippen molar-refractivity contribution in [1.82, 2.24) is 0 Å². The quantitative estimate of drug-likeness (QED) is 0.787. The first-order valence-electron chi connectivity index (χ1n) is 5.34. The number of hydrogen-bond donors (Lipinski definition) is 1. The van der Waals surface area contributed by atoms with E-state index >= 15 is 0 Å². The van der Waals surface area contributed by atoms with E-state index in [4.69, 9.17) is 9.47 Å². The van der Waals surface area contributed by atoms with Crippen LogP contribution in [0, 0.1) is 0 Å². The Morgan fingerprint density at radius 3 is 2.59 bits per heavy atom. The zero-order valence-electron chi connectivity index (χ0n) is 9.74.